The molecule has 0 radical (unpaired) electrons. The first-order valence-electron chi connectivity index (χ1n) is 5.85. The van der Waals surface area contributed by atoms with Gasteiger partial charge in [0.1, 0.15) is 0 Å². The average Bonchev–Trinajstić information content (AvgIpc) is 2.18. The van der Waals surface area contributed by atoms with E-state index in [-0.39, 0.29) is 18.1 Å². The van der Waals surface area contributed by atoms with Gasteiger partial charge in [-0.05, 0) is 19.3 Å². The van der Waals surface area contributed by atoms with Gasteiger partial charge in [0.15, 0.2) is 0 Å². The van der Waals surface area contributed by atoms with Gasteiger partial charge in [-0.15, -0.1) is 0 Å². The summed E-state index contributed by atoms with van der Waals surface area (Å²) >= 11 is 0. The molecule has 1 amide bonds. The van der Waals surface area contributed by atoms with E-state index >= 15 is 0 Å². The summed E-state index contributed by atoms with van der Waals surface area (Å²) in [7, 11) is 0. The smallest absolute Gasteiger partial charge is 0.224 e. The van der Waals surface area contributed by atoms with Gasteiger partial charge >= 0.3 is 0 Å². The molecule has 4 heteroatoms. The number of hydrogen-bond donors (Lipinski definition) is 2. The maximum absolute atomic E-state index is 11.8. The third kappa shape index (κ3) is 4.18. The summed E-state index contributed by atoms with van der Waals surface area (Å²) in [4.78, 5) is 13.5. The Balaban J connectivity index is 2.32. The zero-order chi connectivity index (χ0) is 11.3. The van der Waals surface area contributed by atoms with Crippen LogP contribution in [0, 0.1) is 0 Å². The molecule has 2 atom stereocenters. The van der Waals surface area contributed by atoms with E-state index < -0.39 is 0 Å². The second kappa shape index (κ2) is 6.08. The van der Waals surface area contributed by atoms with Gasteiger partial charge in [-0.1, -0.05) is 13.3 Å². The summed E-state index contributed by atoms with van der Waals surface area (Å²) < 4.78 is 0. The van der Waals surface area contributed by atoms with Crippen molar-refractivity contribution in [2.75, 3.05) is 13.1 Å². The predicted octanol–water partition coefficient (Wildman–Crippen LogP) is 0.487. The van der Waals surface area contributed by atoms with E-state index in [0.717, 1.165) is 32.2 Å². The summed E-state index contributed by atoms with van der Waals surface area (Å²) in [6, 6.07) is -0.0263. The highest BCUT2D eigenvalue weighted by Crippen LogP contribution is 2.12. The average molecular weight is 214 g/mol. The van der Waals surface area contributed by atoms with Gasteiger partial charge in [0.2, 0.25) is 5.91 Å². The van der Waals surface area contributed by atoms with Crippen molar-refractivity contribution >= 4 is 5.91 Å². The van der Waals surface area contributed by atoms with Crippen LogP contribution in [0.3, 0.4) is 0 Å². The Labute approximate surface area is 91.4 Å². The van der Waals surface area contributed by atoms with Crippen LogP contribution < -0.4 is 5.73 Å². The fourth-order valence-corrected chi connectivity index (χ4v) is 2.01. The molecule has 0 aromatic rings. The molecule has 4 nitrogen and oxygen atoms in total. The van der Waals surface area contributed by atoms with Gasteiger partial charge in [0, 0.05) is 25.6 Å². The first-order chi connectivity index (χ1) is 7.13. The van der Waals surface area contributed by atoms with Crippen molar-refractivity contribution in [2.24, 2.45) is 5.73 Å². The number of amides is 1. The summed E-state index contributed by atoms with van der Waals surface area (Å²) in [5, 5.41) is 9.44. The molecule has 88 valence electrons. The Morgan fingerprint density at radius 2 is 2.40 bits per heavy atom. The van der Waals surface area contributed by atoms with Gasteiger partial charge < -0.3 is 15.7 Å². The highest BCUT2D eigenvalue weighted by molar-refractivity contribution is 5.76. The van der Waals surface area contributed by atoms with Gasteiger partial charge in [-0.25, -0.2) is 0 Å². The number of nitrogens with zero attached hydrogens (tertiary/aromatic N) is 1. The van der Waals surface area contributed by atoms with E-state index in [1.165, 1.54) is 0 Å². The number of rotatable bonds is 4. The van der Waals surface area contributed by atoms with Crippen LogP contribution >= 0.6 is 0 Å². The van der Waals surface area contributed by atoms with Crippen molar-refractivity contribution in [1.82, 2.24) is 4.90 Å². The standard InChI is InChI=1S/C11H22N2O2/c1-2-4-9(12)7-11(15)13-6-3-5-10(14)8-13/h9-10,14H,2-8,12H2,1H3. The van der Waals surface area contributed by atoms with Gasteiger partial charge in [0.25, 0.3) is 0 Å². The quantitative estimate of drug-likeness (QED) is 0.715. The Morgan fingerprint density at radius 1 is 1.67 bits per heavy atom. The minimum atomic E-state index is -0.343. The molecule has 0 aliphatic carbocycles. The minimum Gasteiger partial charge on any atom is -0.391 e. The van der Waals surface area contributed by atoms with Crippen LogP contribution in [-0.4, -0.2) is 41.1 Å². The Morgan fingerprint density at radius 3 is 3.00 bits per heavy atom. The molecule has 0 bridgehead atoms. The number of aliphatic hydroxyl groups excluding tert-OH is 1. The van der Waals surface area contributed by atoms with E-state index in [9.17, 15) is 9.90 Å². The molecule has 1 saturated heterocycles. The van der Waals surface area contributed by atoms with Crippen LogP contribution in [0.1, 0.15) is 39.0 Å². The van der Waals surface area contributed by atoms with Gasteiger partial charge in [0.05, 0.1) is 6.10 Å². The van der Waals surface area contributed by atoms with Crippen molar-refractivity contribution in [3.63, 3.8) is 0 Å². The van der Waals surface area contributed by atoms with Crippen LogP contribution in [0.4, 0.5) is 0 Å². The number of likely N-dealkylation sites (tertiary alicyclic amines) is 1. The highest BCUT2D eigenvalue weighted by Gasteiger charge is 2.22. The number of hydrogen-bond acceptors (Lipinski definition) is 3. The molecule has 1 heterocycles. The van der Waals surface area contributed by atoms with Crippen LogP contribution in [0.5, 0.6) is 0 Å². The third-order valence-corrected chi connectivity index (χ3v) is 2.85. The number of nitrogens with two attached hydrogens (primary N) is 1. The monoisotopic (exact) mass is 214 g/mol. The van der Waals surface area contributed by atoms with Gasteiger partial charge in [-0.2, -0.15) is 0 Å². The van der Waals surface area contributed by atoms with Crippen LogP contribution in [0.15, 0.2) is 0 Å². The molecule has 0 aromatic heterocycles. The van der Waals surface area contributed by atoms with E-state index in [4.69, 9.17) is 5.73 Å². The van der Waals surface area contributed by atoms with Crippen molar-refractivity contribution in [3.8, 4) is 0 Å². The second-order valence-electron chi connectivity index (χ2n) is 4.39. The maximum atomic E-state index is 11.8. The lowest BCUT2D eigenvalue weighted by Crippen LogP contribution is -2.44. The largest absolute Gasteiger partial charge is 0.391 e. The van der Waals surface area contributed by atoms with Crippen LogP contribution in [-0.2, 0) is 4.79 Å². The zero-order valence-electron chi connectivity index (χ0n) is 9.48. The zero-order valence-corrected chi connectivity index (χ0v) is 9.48. The molecule has 3 N–H and O–H groups in total. The first-order valence-corrected chi connectivity index (χ1v) is 5.85. The number of carbonyl (C=O) groups excluding carboxylic acids is 1. The molecule has 0 aromatic carbocycles. The molecule has 2 unspecified atom stereocenters. The Kier molecular flexibility index (Phi) is 5.05. The van der Waals surface area contributed by atoms with Gasteiger partial charge in [-0.3, -0.25) is 4.79 Å². The molecule has 1 rings (SSSR count). The normalized spacial score (nSPS) is 23.9. The summed E-state index contributed by atoms with van der Waals surface area (Å²) in [6.45, 7) is 3.32. The van der Waals surface area contributed by atoms with Crippen molar-refractivity contribution in [2.45, 2.75) is 51.2 Å². The summed E-state index contributed by atoms with van der Waals surface area (Å²) in [5.41, 5.74) is 5.82. The van der Waals surface area contributed by atoms with E-state index in [2.05, 4.69) is 6.92 Å². The third-order valence-electron chi connectivity index (χ3n) is 2.85. The molecule has 0 spiro atoms. The number of carbonyl (C=O) groups is 1. The molecule has 1 aliphatic rings. The van der Waals surface area contributed by atoms with Crippen LogP contribution in [0.2, 0.25) is 0 Å². The Hall–Kier alpha value is -0.610. The van der Waals surface area contributed by atoms with Crippen molar-refractivity contribution < 1.29 is 9.90 Å². The molecule has 1 aliphatic heterocycles. The molecular formula is C11H22N2O2. The SMILES string of the molecule is CCCC(N)CC(=O)N1CCCC(O)C1. The lowest BCUT2D eigenvalue weighted by atomic mass is 10.1. The fourth-order valence-electron chi connectivity index (χ4n) is 2.01. The number of aliphatic hydroxyl groups is 1. The lowest BCUT2D eigenvalue weighted by molar-refractivity contribution is -0.134. The molecular weight excluding hydrogens is 192 g/mol. The van der Waals surface area contributed by atoms with E-state index in [0.29, 0.717) is 13.0 Å². The first kappa shape index (κ1) is 12.5. The van der Waals surface area contributed by atoms with Crippen molar-refractivity contribution in [1.29, 1.82) is 0 Å². The van der Waals surface area contributed by atoms with E-state index in [1.807, 2.05) is 0 Å². The van der Waals surface area contributed by atoms with Crippen LogP contribution in [0.25, 0.3) is 0 Å². The lowest BCUT2D eigenvalue weighted by Gasteiger charge is -2.30. The molecule has 15 heavy (non-hydrogen) atoms. The second-order valence-corrected chi connectivity index (χ2v) is 4.39. The number of β-amino-alcohol motifs (C(OH)–C–C–N with tert-alkyl or cyclic N) is 1. The minimum absolute atomic E-state index is 0.0263. The number of piperidine rings is 1. The molecule has 0 saturated carbocycles. The predicted molar refractivity (Wildman–Crippen MR) is 59.3 cm³/mol. The molecule has 1 fully saturated rings. The summed E-state index contributed by atoms with van der Waals surface area (Å²) in [6.07, 6.45) is 3.69. The maximum Gasteiger partial charge on any atom is 0.224 e. The fraction of sp³-hybridized carbons (Fsp3) is 0.909. The summed E-state index contributed by atoms with van der Waals surface area (Å²) in [5.74, 6) is 0.0923. The van der Waals surface area contributed by atoms with E-state index in [1.54, 1.807) is 4.90 Å². The highest BCUT2D eigenvalue weighted by atomic mass is 16.3. The topological polar surface area (TPSA) is 66.6 Å². The van der Waals surface area contributed by atoms with Crippen molar-refractivity contribution in [3.05, 3.63) is 0 Å². The Bertz CT molecular complexity index is 209.